The van der Waals surface area contributed by atoms with Crippen molar-refractivity contribution in [3.8, 4) is 11.3 Å². The Kier molecular flexibility index (Phi) is 5.36. The van der Waals surface area contributed by atoms with E-state index in [9.17, 15) is 0 Å². The van der Waals surface area contributed by atoms with Crippen molar-refractivity contribution < 1.29 is 0 Å². The lowest BCUT2D eigenvalue weighted by Gasteiger charge is -2.14. The molecule has 0 aliphatic carbocycles. The molecule has 128 valence electrons. The third kappa shape index (κ3) is 4.38. The summed E-state index contributed by atoms with van der Waals surface area (Å²) in [4.78, 5) is 13.2. The summed E-state index contributed by atoms with van der Waals surface area (Å²) in [6.07, 6.45) is 3.48. The number of anilines is 3. The number of rotatable bonds is 5. The van der Waals surface area contributed by atoms with E-state index in [4.69, 9.17) is 23.2 Å². The van der Waals surface area contributed by atoms with Crippen molar-refractivity contribution >= 4 is 40.7 Å². The number of hydrogen-bond donors (Lipinski definition) is 2. The number of hydrogen-bond acceptors (Lipinski definition) is 5. The Balaban J connectivity index is 2.03. The van der Waals surface area contributed by atoms with Gasteiger partial charge in [-0.1, -0.05) is 29.3 Å². The van der Waals surface area contributed by atoms with Gasteiger partial charge in [-0.05, 0) is 38.1 Å². The molecule has 1 aromatic carbocycles. The molecule has 0 radical (unpaired) electrons. The number of halogens is 2. The van der Waals surface area contributed by atoms with Crippen molar-refractivity contribution in [2.24, 2.45) is 0 Å². The fourth-order valence-corrected chi connectivity index (χ4v) is 2.73. The van der Waals surface area contributed by atoms with E-state index in [0.717, 1.165) is 11.3 Å². The van der Waals surface area contributed by atoms with E-state index in [1.54, 1.807) is 30.6 Å². The van der Waals surface area contributed by atoms with E-state index >= 15 is 0 Å². The monoisotopic (exact) mass is 373 g/mol. The second kappa shape index (κ2) is 7.68. The first-order valence-electron chi connectivity index (χ1n) is 7.80. The van der Waals surface area contributed by atoms with Crippen molar-refractivity contribution in [1.29, 1.82) is 0 Å². The summed E-state index contributed by atoms with van der Waals surface area (Å²) in [5, 5.41) is 7.45. The van der Waals surface area contributed by atoms with Gasteiger partial charge in [0.2, 0.25) is 5.95 Å². The number of nitrogens with one attached hydrogen (secondary N) is 2. The molecule has 0 aliphatic rings. The number of para-hydroxylation sites is 1. The van der Waals surface area contributed by atoms with E-state index in [0.29, 0.717) is 27.5 Å². The molecule has 2 aromatic heterocycles. The number of nitrogens with zero attached hydrogens (tertiary/aromatic N) is 3. The highest BCUT2D eigenvalue weighted by atomic mass is 35.5. The van der Waals surface area contributed by atoms with Gasteiger partial charge in [0.25, 0.3) is 0 Å². The van der Waals surface area contributed by atoms with E-state index in [-0.39, 0.29) is 6.04 Å². The largest absolute Gasteiger partial charge is 0.352 e. The van der Waals surface area contributed by atoms with Crippen LogP contribution in [0.4, 0.5) is 17.5 Å². The summed E-state index contributed by atoms with van der Waals surface area (Å²) in [5.74, 6) is 1.11. The van der Waals surface area contributed by atoms with Crippen molar-refractivity contribution in [3.63, 3.8) is 0 Å². The molecule has 0 amide bonds. The van der Waals surface area contributed by atoms with Crippen LogP contribution in [0, 0.1) is 0 Å². The average Bonchev–Trinajstić information content (AvgIpc) is 2.58. The van der Waals surface area contributed by atoms with Crippen LogP contribution in [-0.2, 0) is 0 Å². The van der Waals surface area contributed by atoms with Crippen LogP contribution in [0.5, 0.6) is 0 Å². The Hall–Kier alpha value is -2.37. The zero-order valence-corrected chi connectivity index (χ0v) is 15.3. The molecule has 7 heteroatoms. The molecule has 0 atom stereocenters. The highest BCUT2D eigenvalue weighted by Gasteiger charge is 2.11. The van der Waals surface area contributed by atoms with Gasteiger partial charge in [-0.15, -0.1) is 0 Å². The van der Waals surface area contributed by atoms with Gasteiger partial charge < -0.3 is 10.6 Å². The smallest absolute Gasteiger partial charge is 0.225 e. The SMILES string of the molecule is CC(C)Nc1nc(Nc2c(Cl)cccc2Cl)cc(-c2cccnc2)n1. The van der Waals surface area contributed by atoms with Crippen LogP contribution >= 0.6 is 23.2 Å². The minimum atomic E-state index is 0.195. The average molecular weight is 374 g/mol. The van der Waals surface area contributed by atoms with Crippen LogP contribution in [0.2, 0.25) is 10.0 Å². The molecule has 25 heavy (non-hydrogen) atoms. The van der Waals surface area contributed by atoms with Crippen LogP contribution in [0.3, 0.4) is 0 Å². The first-order valence-corrected chi connectivity index (χ1v) is 8.55. The Labute approximate surface area is 156 Å². The van der Waals surface area contributed by atoms with E-state index in [2.05, 4.69) is 25.6 Å². The lowest BCUT2D eigenvalue weighted by Crippen LogP contribution is -2.13. The molecule has 0 saturated carbocycles. The lowest BCUT2D eigenvalue weighted by atomic mass is 10.2. The number of aromatic nitrogens is 3. The Morgan fingerprint density at radius 1 is 1.00 bits per heavy atom. The highest BCUT2D eigenvalue weighted by Crippen LogP contribution is 2.33. The summed E-state index contributed by atoms with van der Waals surface area (Å²) in [6.45, 7) is 4.05. The van der Waals surface area contributed by atoms with Gasteiger partial charge in [0.05, 0.1) is 21.4 Å². The standard InChI is InChI=1S/C18H17Cl2N5/c1-11(2)22-18-23-15(12-5-4-8-21-10-12)9-16(25-18)24-17-13(19)6-3-7-14(17)20/h3-11H,1-2H3,(H2,22,23,24,25). The van der Waals surface area contributed by atoms with Crippen LogP contribution < -0.4 is 10.6 Å². The van der Waals surface area contributed by atoms with Crippen molar-refractivity contribution in [3.05, 3.63) is 58.8 Å². The maximum atomic E-state index is 6.24. The van der Waals surface area contributed by atoms with Crippen molar-refractivity contribution in [2.45, 2.75) is 19.9 Å². The molecule has 3 aromatic rings. The van der Waals surface area contributed by atoms with Gasteiger partial charge in [-0.3, -0.25) is 4.98 Å². The Bertz CT molecular complexity index is 848. The van der Waals surface area contributed by atoms with E-state index in [1.165, 1.54) is 0 Å². The first kappa shape index (κ1) is 17.5. The molecule has 5 nitrogen and oxygen atoms in total. The third-order valence-electron chi connectivity index (χ3n) is 3.32. The summed E-state index contributed by atoms with van der Waals surface area (Å²) in [6, 6.07) is 11.2. The van der Waals surface area contributed by atoms with E-state index in [1.807, 2.05) is 32.0 Å². The molecule has 2 N–H and O–H groups in total. The number of pyridine rings is 1. The summed E-state index contributed by atoms with van der Waals surface area (Å²) >= 11 is 12.5. The van der Waals surface area contributed by atoms with Gasteiger partial charge in [0.15, 0.2) is 0 Å². The van der Waals surface area contributed by atoms with Crippen molar-refractivity contribution in [2.75, 3.05) is 10.6 Å². The quantitative estimate of drug-likeness (QED) is 0.625. The van der Waals surface area contributed by atoms with Crippen molar-refractivity contribution in [1.82, 2.24) is 15.0 Å². The van der Waals surface area contributed by atoms with Gasteiger partial charge in [-0.25, -0.2) is 4.98 Å². The summed E-state index contributed by atoms with van der Waals surface area (Å²) < 4.78 is 0. The van der Waals surface area contributed by atoms with Crippen LogP contribution in [0.25, 0.3) is 11.3 Å². The normalized spacial score (nSPS) is 10.8. The number of benzene rings is 1. The van der Waals surface area contributed by atoms with Crippen LogP contribution in [-0.4, -0.2) is 21.0 Å². The minimum Gasteiger partial charge on any atom is -0.352 e. The zero-order chi connectivity index (χ0) is 17.8. The fourth-order valence-electron chi connectivity index (χ4n) is 2.24. The molecule has 0 aliphatic heterocycles. The van der Waals surface area contributed by atoms with Gasteiger partial charge >= 0.3 is 0 Å². The first-order chi connectivity index (χ1) is 12.0. The topological polar surface area (TPSA) is 62.7 Å². The second-order valence-electron chi connectivity index (χ2n) is 5.72. The molecule has 0 fully saturated rings. The molecule has 2 heterocycles. The second-order valence-corrected chi connectivity index (χ2v) is 6.54. The summed E-state index contributed by atoms with van der Waals surface area (Å²) in [7, 11) is 0. The van der Waals surface area contributed by atoms with E-state index < -0.39 is 0 Å². The molecular weight excluding hydrogens is 357 g/mol. The predicted octanol–water partition coefficient (Wildman–Crippen LogP) is 5.41. The van der Waals surface area contributed by atoms with Crippen LogP contribution in [0.15, 0.2) is 48.8 Å². The van der Waals surface area contributed by atoms with Gasteiger partial charge in [-0.2, -0.15) is 4.98 Å². The third-order valence-corrected chi connectivity index (χ3v) is 3.95. The maximum Gasteiger partial charge on any atom is 0.225 e. The fraction of sp³-hybridized carbons (Fsp3) is 0.167. The zero-order valence-electron chi connectivity index (χ0n) is 13.8. The predicted molar refractivity (Wildman–Crippen MR) is 104 cm³/mol. The summed E-state index contributed by atoms with van der Waals surface area (Å²) in [5.41, 5.74) is 2.25. The minimum absolute atomic E-state index is 0.195. The molecular formula is C18H17Cl2N5. The Morgan fingerprint density at radius 3 is 2.40 bits per heavy atom. The molecule has 0 unspecified atom stereocenters. The molecule has 0 spiro atoms. The highest BCUT2D eigenvalue weighted by molar-refractivity contribution is 6.39. The Morgan fingerprint density at radius 2 is 1.76 bits per heavy atom. The lowest BCUT2D eigenvalue weighted by molar-refractivity contribution is 0.876. The van der Waals surface area contributed by atoms with Gasteiger partial charge in [0, 0.05) is 30.1 Å². The van der Waals surface area contributed by atoms with Crippen LogP contribution in [0.1, 0.15) is 13.8 Å². The molecule has 0 bridgehead atoms. The maximum absolute atomic E-state index is 6.24. The molecule has 3 rings (SSSR count). The molecule has 0 saturated heterocycles. The van der Waals surface area contributed by atoms with Gasteiger partial charge in [0.1, 0.15) is 5.82 Å².